The van der Waals surface area contributed by atoms with Gasteiger partial charge in [0, 0.05) is 17.2 Å². The zero-order valence-electron chi connectivity index (χ0n) is 12.9. The van der Waals surface area contributed by atoms with E-state index < -0.39 is 0 Å². The van der Waals surface area contributed by atoms with Crippen LogP contribution in [0.15, 0.2) is 59.1 Å². The Morgan fingerprint density at radius 1 is 1.04 bits per heavy atom. The molecule has 0 radical (unpaired) electrons. The minimum absolute atomic E-state index is 0.00902. The van der Waals surface area contributed by atoms with Crippen LogP contribution in [0.5, 0.6) is 5.75 Å². The zero-order valence-corrected chi connectivity index (χ0v) is 14.5. The van der Waals surface area contributed by atoms with Gasteiger partial charge in [-0.2, -0.15) is 0 Å². The number of aromatic hydroxyl groups is 1. The third-order valence-electron chi connectivity index (χ3n) is 3.93. The average Bonchev–Trinajstić information content (AvgIpc) is 2.54. The van der Waals surface area contributed by atoms with Crippen LogP contribution in [0.25, 0.3) is 10.8 Å². The molecule has 3 aromatic rings. The van der Waals surface area contributed by atoms with Gasteiger partial charge in [-0.25, -0.2) is 0 Å². The molecule has 3 rings (SSSR count). The normalized spacial score (nSPS) is 10.7. The first kappa shape index (κ1) is 15.6. The minimum Gasteiger partial charge on any atom is -0.507 e. The van der Waals surface area contributed by atoms with Crippen LogP contribution in [0.4, 0.5) is 5.69 Å². The van der Waals surface area contributed by atoms with Crippen molar-refractivity contribution in [1.82, 2.24) is 0 Å². The second-order valence-electron chi connectivity index (χ2n) is 5.51. The van der Waals surface area contributed by atoms with Gasteiger partial charge in [-0.05, 0) is 53.6 Å². The van der Waals surface area contributed by atoms with Crippen molar-refractivity contribution < 1.29 is 9.90 Å². The molecule has 0 fully saturated rings. The average molecular weight is 370 g/mol. The van der Waals surface area contributed by atoms with Gasteiger partial charge < -0.3 is 10.0 Å². The molecule has 0 aliphatic rings. The maximum Gasteiger partial charge on any atom is 0.261 e. The summed E-state index contributed by atoms with van der Waals surface area (Å²) in [5.41, 5.74) is 2.12. The Balaban J connectivity index is 2.07. The first-order chi connectivity index (χ1) is 11.0. The number of para-hydroxylation sites is 1. The molecule has 0 saturated carbocycles. The topological polar surface area (TPSA) is 40.5 Å². The predicted octanol–water partition coefficient (Wildman–Crippen LogP) is 4.89. The summed E-state index contributed by atoms with van der Waals surface area (Å²) in [6.45, 7) is 1.95. The number of phenolic OH excluding ortho intramolecular Hbond substituents is 1. The van der Waals surface area contributed by atoms with E-state index in [0.29, 0.717) is 5.56 Å². The van der Waals surface area contributed by atoms with E-state index in [0.717, 1.165) is 26.5 Å². The number of rotatable bonds is 2. The molecular formula is C19H16BrNO2. The van der Waals surface area contributed by atoms with Crippen LogP contribution in [0.2, 0.25) is 0 Å². The van der Waals surface area contributed by atoms with Crippen molar-refractivity contribution in [2.45, 2.75) is 6.92 Å². The molecule has 1 amide bonds. The van der Waals surface area contributed by atoms with Gasteiger partial charge in [0.2, 0.25) is 0 Å². The molecule has 0 aliphatic carbocycles. The minimum atomic E-state index is -0.237. The smallest absolute Gasteiger partial charge is 0.261 e. The fraction of sp³-hybridized carbons (Fsp3) is 0.105. The van der Waals surface area contributed by atoms with E-state index in [2.05, 4.69) is 15.9 Å². The Morgan fingerprint density at radius 2 is 1.78 bits per heavy atom. The summed E-state index contributed by atoms with van der Waals surface area (Å²) in [5.74, 6) is -0.246. The molecule has 4 heteroatoms. The van der Waals surface area contributed by atoms with E-state index in [-0.39, 0.29) is 11.7 Å². The maximum absolute atomic E-state index is 12.8. The summed E-state index contributed by atoms with van der Waals surface area (Å²) < 4.78 is 0.932. The van der Waals surface area contributed by atoms with Crippen LogP contribution in [0.3, 0.4) is 0 Å². The van der Waals surface area contributed by atoms with Gasteiger partial charge in [-0.3, -0.25) is 4.79 Å². The van der Waals surface area contributed by atoms with Crippen molar-refractivity contribution in [3.63, 3.8) is 0 Å². The first-order valence-electron chi connectivity index (χ1n) is 7.23. The molecular weight excluding hydrogens is 354 g/mol. The van der Waals surface area contributed by atoms with Gasteiger partial charge in [0.05, 0.1) is 5.56 Å². The maximum atomic E-state index is 12.8. The number of nitrogens with zero attached hydrogens (tertiary/aromatic N) is 1. The van der Waals surface area contributed by atoms with Gasteiger partial charge in [0.25, 0.3) is 5.91 Å². The number of phenols is 1. The molecule has 0 saturated heterocycles. The molecule has 116 valence electrons. The molecule has 1 N–H and O–H groups in total. The number of carbonyl (C=O) groups is 1. The van der Waals surface area contributed by atoms with Crippen molar-refractivity contribution in [3.8, 4) is 5.75 Å². The number of halogens is 1. The highest BCUT2D eigenvalue weighted by Crippen LogP contribution is 2.29. The van der Waals surface area contributed by atoms with E-state index in [9.17, 15) is 9.90 Å². The fourth-order valence-corrected chi connectivity index (χ4v) is 3.04. The van der Waals surface area contributed by atoms with Gasteiger partial charge >= 0.3 is 0 Å². The van der Waals surface area contributed by atoms with E-state index in [1.807, 2.05) is 49.4 Å². The Labute approximate surface area is 143 Å². The predicted molar refractivity (Wildman–Crippen MR) is 97.2 cm³/mol. The largest absolute Gasteiger partial charge is 0.507 e. The monoisotopic (exact) mass is 369 g/mol. The highest BCUT2D eigenvalue weighted by molar-refractivity contribution is 9.10. The van der Waals surface area contributed by atoms with Crippen molar-refractivity contribution >= 4 is 38.3 Å². The van der Waals surface area contributed by atoms with Gasteiger partial charge in [0.1, 0.15) is 5.75 Å². The standard InChI is InChI=1S/C19H16BrNO2/c1-12-5-3-4-6-17(12)21(2)19(23)16-10-14-9-15(20)8-7-13(14)11-18(16)22/h3-11,22H,1-2H3. The Hall–Kier alpha value is -2.33. The van der Waals surface area contributed by atoms with Gasteiger partial charge in [0.15, 0.2) is 0 Å². The molecule has 0 unspecified atom stereocenters. The van der Waals surface area contributed by atoms with E-state index in [1.54, 1.807) is 24.1 Å². The SMILES string of the molecule is Cc1ccccc1N(C)C(=O)c1cc2cc(Br)ccc2cc1O. The molecule has 0 aliphatic heterocycles. The van der Waals surface area contributed by atoms with Crippen molar-refractivity contribution in [2.75, 3.05) is 11.9 Å². The molecule has 0 aromatic heterocycles. The first-order valence-corrected chi connectivity index (χ1v) is 8.02. The number of hydrogen-bond acceptors (Lipinski definition) is 2. The number of carbonyl (C=O) groups excluding carboxylic acids is 1. The lowest BCUT2D eigenvalue weighted by molar-refractivity contribution is 0.0990. The van der Waals surface area contributed by atoms with Crippen molar-refractivity contribution in [3.05, 3.63) is 70.2 Å². The van der Waals surface area contributed by atoms with Crippen LogP contribution in [0, 0.1) is 6.92 Å². The van der Waals surface area contributed by atoms with Crippen molar-refractivity contribution in [1.29, 1.82) is 0 Å². The van der Waals surface area contributed by atoms with Gasteiger partial charge in [-0.15, -0.1) is 0 Å². The number of anilines is 1. The second kappa shape index (κ2) is 6.05. The Morgan fingerprint density at radius 3 is 2.52 bits per heavy atom. The lowest BCUT2D eigenvalue weighted by atomic mass is 10.0. The fourth-order valence-electron chi connectivity index (χ4n) is 2.66. The summed E-state index contributed by atoms with van der Waals surface area (Å²) >= 11 is 3.43. The molecule has 0 heterocycles. The number of fused-ring (bicyclic) bond motifs is 1. The molecule has 3 nitrogen and oxygen atoms in total. The van der Waals surface area contributed by atoms with E-state index in [4.69, 9.17) is 0 Å². The summed E-state index contributed by atoms with van der Waals surface area (Å²) in [6.07, 6.45) is 0. The third-order valence-corrected chi connectivity index (χ3v) is 4.42. The van der Waals surface area contributed by atoms with Gasteiger partial charge in [-0.1, -0.05) is 40.2 Å². The number of benzene rings is 3. The quantitative estimate of drug-likeness (QED) is 0.698. The van der Waals surface area contributed by atoms with Crippen LogP contribution >= 0.6 is 15.9 Å². The summed E-state index contributed by atoms with van der Waals surface area (Å²) in [7, 11) is 1.72. The zero-order chi connectivity index (χ0) is 16.6. The van der Waals surface area contributed by atoms with Crippen LogP contribution in [-0.4, -0.2) is 18.1 Å². The molecule has 0 atom stereocenters. The van der Waals surface area contributed by atoms with Crippen LogP contribution < -0.4 is 4.90 Å². The summed E-state index contributed by atoms with van der Waals surface area (Å²) in [6, 6.07) is 16.8. The number of hydrogen-bond donors (Lipinski definition) is 1. The second-order valence-corrected chi connectivity index (χ2v) is 6.43. The lowest BCUT2D eigenvalue weighted by Crippen LogP contribution is -2.26. The Bertz CT molecular complexity index is 905. The van der Waals surface area contributed by atoms with Crippen molar-refractivity contribution in [2.24, 2.45) is 0 Å². The molecule has 3 aromatic carbocycles. The highest BCUT2D eigenvalue weighted by Gasteiger charge is 2.19. The highest BCUT2D eigenvalue weighted by atomic mass is 79.9. The number of amides is 1. The van der Waals surface area contributed by atoms with Crippen LogP contribution in [-0.2, 0) is 0 Å². The van der Waals surface area contributed by atoms with Crippen LogP contribution in [0.1, 0.15) is 15.9 Å². The molecule has 23 heavy (non-hydrogen) atoms. The lowest BCUT2D eigenvalue weighted by Gasteiger charge is -2.20. The van der Waals surface area contributed by atoms with E-state index >= 15 is 0 Å². The summed E-state index contributed by atoms with van der Waals surface area (Å²) in [4.78, 5) is 14.4. The van der Waals surface area contributed by atoms with E-state index in [1.165, 1.54) is 0 Å². The third kappa shape index (κ3) is 2.94. The molecule has 0 bridgehead atoms. The number of aryl methyl sites for hydroxylation is 1. The summed E-state index contributed by atoms with van der Waals surface area (Å²) in [5, 5.41) is 12.0. The Kier molecular flexibility index (Phi) is 4.09. The molecule has 0 spiro atoms.